The van der Waals surface area contributed by atoms with Crippen molar-refractivity contribution in [1.82, 2.24) is 10.2 Å². The van der Waals surface area contributed by atoms with Crippen molar-refractivity contribution >= 4 is 35.5 Å². The first kappa shape index (κ1) is 29.0. The molecule has 0 radical (unpaired) electrons. The summed E-state index contributed by atoms with van der Waals surface area (Å²) in [5.41, 5.74) is -0.529. The van der Waals surface area contributed by atoms with Gasteiger partial charge in [0.15, 0.2) is 5.54 Å². The molecule has 1 fully saturated rings. The number of likely N-dealkylation sites (tertiary alicyclic amines) is 1. The van der Waals surface area contributed by atoms with Gasteiger partial charge in [0.2, 0.25) is 11.8 Å². The smallest absolute Gasteiger partial charge is 0.408 e. The third-order valence-corrected chi connectivity index (χ3v) is 6.56. The van der Waals surface area contributed by atoms with E-state index in [4.69, 9.17) is 37.0 Å². The van der Waals surface area contributed by atoms with Crippen molar-refractivity contribution in [2.45, 2.75) is 49.9 Å². The maximum Gasteiger partial charge on any atom is 0.408 e. The topological polar surface area (TPSA) is 116 Å². The molecule has 1 aromatic rings. The van der Waals surface area contributed by atoms with E-state index in [9.17, 15) is 14.4 Å². The van der Waals surface area contributed by atoms with Crippen LogP contribution in [0.2, 0.25) is 5.02 Å². The highest BCUT2D eigenvalue weighted by Crippen LogP contribution is 2.31. The molecule has 1 saturated heterocycles. The van der Waals surface area contributed by atoms with Crippen molar-refractivity contribution in [1.29, 1.82) is 0 Å². The Bertz CT molecular complexity index is 1120. The van der Waals surface area contributed by atoms with Crippen LogP contribution in [-0.2, 0) is 35.0 Å². The van der Waals surface area contributed by atoms with Gasteiger partial charge in [-0.15, -0.1) is 6.42 Å². The zero-order valence-electron chi connectivity index (χ0n) is 21.5. The molecule has 38 heavy (non-hydrogen) atoms. The fraction of sp³-hybridized carbons (Fsp3) is 0.481. The number of halogens is 1. The molecule has 0 spiro atoms. The predicted octanol–water partition coefficient (Wildman–Crippen LogP) is 2.53. The third-order valence-electron chi connectivity index (χ3n) is 6.33. The van der Waals surface area contributed by atoms with E-state index in [-0.39, 0.29) is 32.1 Å². The van der Waals surface area contributed by atoms with Crippen LogP contribution in [0.5, 0.6) is 0 Å². The molecule has 2 heterocycles. The van der Waals surface area contributed by atoms with Crippen LogP contribution in [0.4, 0.5) is 4.79 Å². The summed E-state index contributed by atoms with van der Waals surface area (Å²) in [4.78, 5) is 45.1. The van der Waals surface area contributed by atoms with Crippen LogP contribution in [0.25, 0.3) is 0 Å². The van der Waals surface area contributed by atoms with Crippen LogP contribution in [0.3, 0.4) is 0 Å². The monoisotopic (exact) mass is 545 g/mol. The normalized spacial score (nSPS) is 21.9. The van der Waals surface area contributed by atoms with E-state index in [1.54, 1.807) is 30.0 Å². The summed E-state index contributed by atoms with van der Waals surface area (Å²) in [7, 11) is 1.29. The minimum absolute atomic E-state index is 0.0223. The molecular formula is C27H32ClN3O7. The molecular weight excluding hydrogens is 514 g/mol. The van der Waals surface area contributed by atoms with Gasteiger partial charge in [0.25, 0.3) is 0 Å². The summed E-state index contributed by atoms with van der Waals surface area (Å²) >= 11 is 6.13. The number of methoxy groups -OCH3 is 1. The zero-order chi connectivity index (χ0) is 27.7. The van der Waals surface area contributed by atoms with Gasteiger partial charge in [-0.1, -0.05) is 42.3 Å². The van der Waals surface area contributed by atoms with Crippen molar-refractivity contribution in [3.8, 4) is 12.3 Å². The average molecular weight is 546 g/mol. The lowest BCUT2D eigenvalue weighted by Gasteiger charge is -2.31. The number of carbonyl (C=O) groups is 3. The van der Waals surface area contributed by atoms with Gasteiger partial charge < -0.3 is 29.2 Å². The Kier molecular flexibility index (Phi) is 10.2. The molecule has 204 valence electrons. The highest BCUT2D eigenvalue weighted by atomic mass is 35.5. The maximum absolute atomic E-state index is 13.7. The fourth-order valence-corrected chi connectivity index (χ4v) is 4.72. The lowest BCUT2D eigenvalue weighted by Crippen LogP contribution is -2.56. The first-order chi connectivity index (χ1) is 18.2. The molecule has 2 aliphatic heterocycles. The fourth-order valence-electron chi connectivity index (χ4n) is 4.51. The summed E-state index contributed by atoms with van der Waals surface area (Å²) in [6, 6.07) is 5.50. The molecule has 0 bridgehead atoms. The van der Waals surface area contributed by atoms with Crippen LogP contribution >= 0.6 is 11.6 Å². The number of terminal acetylenes is 1. The summed E-state index contributed by atoms with van der Waals surface area (Å²) in [6.07, 6.45) is 6.61. The van der Waals surface area contributed by atoms with Gasteiger partial charge >= 0.3 is 12.1 Å². The van der Waals surface area contributed by atoms with Gasteiger partial charge in [-0.25, -0.2) is 14.6 Å². The number of hydrogen-bond acceptors (Lipinski definition) is 8. The first-order valence-corrected chi connectivity index (χ1v) is 12.6. The van der Waals surface area contributed by atoms with Crippen molar-refractivity contribution in [3.63, 3.8) is 0 Å². The quantitative estimate of drug-likeness (QED) is 0.258. The molecule has 0 aliphatic carbocycles. The number of rotatable bonds is 11. The SMILES string of the molecule is C#CCO[C@H](C)[C@@H](NC(=O)OCC=C)C(=O)N1CCCC1C1=N[C@@](Cc2cccc(Cl)c2)(C(=O)OC)CO1. The second kappa shape index (κ2) is 13.3. The van der Waals surface area contributed by atoms with Crippen LogP contribution in [-0.4, -0.2) is 86.0 Å². The molecule has 11 heteroatoms. The van der Waals surface area contributed by atoms with Crippen molar-refractivity contribution in [3.05, 3.63) is 47.5 Å². The largest absolute Gasteiger partial charge is 0.476 e. The number of nitrogens with one attached hydrogen (secondary N) is 1. The second-order valence-electron chi connectivity index (χ2n) is 8.99. The van der Waals surface area contributed by atoms with Crippen LogP contribution < -0.4 is 5.32 Å². The van der Waals surface area contributed by atoms with Crippen molar-refractivity contribution < 1.29 is 33.3 Å². The number of ether oxygens (including phenoxy) is 4. The van der Waals surface area contributed by atoms with E-state index in [1.165, 1.54) is 13.2 Å². The van der Waals surface area contributed by atoms with Crippen molar-refractivity contribution in [2.75, 3.05) is 33.5 Å². The molecule has 10 nitrogen and oxygen atoms in total. The van der Waals surface area contributed by atoms with Gasteiger partial charge in [-0.05, 0) is 37.5 Å². The predicted molar refractivity (Wildman–Crippen MR) is 141 cm³/mol. The lowest BCUT2D eigenvalue weighted by atomic mass is 9.92. The number of esters is 1. The Morgan fingerprint density at radius 3 is 2.92 bits per heavy atom. The Balaban J connectivity index is 1.86. The minimum Gasteiger partial charge on any atom is -0.476 e. The van der Waals surface area contributed by atoms with E-state index in [0.29, 0.717) is 24.4 Å². The van der Waals surface area contributed by atoms with Crippen LogP contribution in [0.1, 0.15) is 25.3 Å². The first-order valence-electron chi connectivity index (χ1n) is 12.2. The van der Waals surface area contributed by atoms with Crippen molar-refractivity contribution in [2.24, 2.45) is 4.99 Å². The van der Waals surface area contributed by atoms with Crippen LogP contribution in [0.15, 0.2) is 41.9 Å². The van der Waals surface area contributed by atoms with E-state index in [1.807, 2.05) is 6.07 Å². The third kappa shape index (κ3) is 6.85. The van der Waals surface area contributed by atoms with Gasteiger partial charge in [-0.3, -0.25) is 4.79 Å². The Morgan fingerprint density at radius 1 is 1.45 bits per heavy atom. The summed E-state index contributed by atoms with van der Waals surface area (Å²) < 4.78 is 21.6. The number of amides is 2. The summed E-state index contributed by atoms with van der Waals surface area (Å²) in [5, 5.41) is 3.10. The molecule has 4 atom stereocenters. The molecule has 2 aliphatic rings. The zero-order valence-corrected chi connectivity index (χ0v) is 22.2. The Hall–Kier alpha value is -3.55. The second-order valence-corrected chi connectivity index (χ2v) is 9.42. The standard InChI is InChI=1S/C27H32ClN3O7/c1-5-13-36-18(3)22(29-26(34)37-14-6-2)24(32)31-12-8-11-21(31)23-30-27(17-38-23,25(33)35-4)16-19-9-7-10-20(28)15-19/h1,6-7,9-10,15,18,21-22H,2,8,11-14,16-17H2,3-4H3,(H,29,34)/t18-,21?,22-,27-/m1/s1. The van der Waals surface area contributed by atoms with Crippen LogP contribution in [0, 0.1) is 12.3 Å². The van der Waals surface area contributed by atoms with E-state index in [2.05, 4.69) is 22.8 Å². The summed E-state index contributed by atoms with van der Waals surface area (Å²) in [5.74, 6) is 1.65. The van der Waals surface area contributed by atoms with Gasteiger partial charge in [0.1, 0.15) is 31.9 Å². The lowest BCUT2D eigenvalue weighted by molar-refractivity contribution is -0.147. The molecule has 3 rings (SSSR count). The highest BCUT2D eigenvalue weighted by molar-refractivity contribution is 6.30. The van der Waals surface area contributed by atoms with E-state index < -0.39 is 41.7 Å². The number of alkyl carbamates (subject to hydrolysis) is 1. The van der Waals surface area contributed by atoms with Gasteiger partial charge in [0, 0.05) is 18.0 Å². The number of benzene rings is 1. The molecule has 1 aromatic carbocycles. The number of carbonyl (C=O) groups excluding carboxylic acids is 3. The van der Waals surface area contributed by atoms with E-state index in [0.717, 1.165) is 5.56 Å². The average Bonchev–Trinajstić information content (AvgIpc) is 3.56. The summed E-state index contributed by atoms with van der Waals surface area (Å²) in [6.45, 7) is 5.43. The molecule has 1 unspecified atom stereocenters. The molecule has 2 amide bonds. The number of aliphatic imine (C=N–C) groups is 1. The Morgan fingerprint density at radius 2 is 2.24 bits per heavy atom. The molecule has 0 aromatic heterocycles. The Labute approximate surface area is 227 Å². The number of nitrogens with zero attached hydrogens (tertiary/aromatic N) is 2. The minimum atomic E-state index is -1.32. The number of hydrogen-bond donors (Lipinski definition) is 1. The highest BCUT2D eigenvalue weighted by Gasteiger charge is 2.49. The van der Waals surface area contributed by atoms with Gasteiger partial charge in [0.05, 0.1) is 13.2 Å². The maximum atomic E-state index is 13.7. The molecule has 1 N–H and O–H groups in total. The van der Waals surface area contributed by atoms with E-state index >= 15 is 0 Å². The van der Waals surface area contributed by atoms with Gasteiger partial charge in [-0.2, -0.15) is 0 Å². The molecule has 0 saturated carbocycles.